The second-order valence-electron chi connectivity index (χ2n) is 5.07. The van der Waals surface area contributed by atoms with E-state index < -0.39 is 6.09 Å². The van der Waals surface area contributed by atoms with Crippen molar-refractivity contribution < 1.29 is 13.9 Å². The minimum atomic E-state index is -0.394. The second kappa shape index (κ2) is 8.33. The molecule has 1 saturated heterocycles. The highest BCUT2D eigenvalue weighted by molar-refractivity contribution is 5.68. The molecule has 0 spiro atoms. The van der Waals surface area contributed by atoms with Gasteiger partial charge in [-0.25, -0.2) is 9.78 Å². The Hall–Kier alpha value is -2.34. The normalized spacial score (nSPS) is 19.9. The summed E-state index contributed by atoms with van der Waals surface area (Å²) in [6, 6.07) is 9.21. The Bertz CT molecular complexity index is 586. The molecule has 6 nitrogen and oxygen atoms in total. The number of hydrogen-bond acceptors (Lipinski definition) is 5. The molecule has 1 fully saturated rings. The largest absolute Gasteiger partial charge is 0.447 e. The van der Waals surface area contributed by atoms with Gasteiger partial charge >= 0.3 is 6.09 Å². The van der Waals surface area contributed by atoms with Crippen molar-refractivity contribution in [2.75, 3.05) is 6.54 Å². The van der Waals surface area contributed by atoms with E-state index in [1.165, 1.54) is 6.26 Å². The molecule has 0 saturated carbocycles. The lowest BCUT2D eigenvalue weighted by Gasteiger charge is -2.21. The van der Waals surface area contributed by atoms with E-state index in [0.29, 0.717) is 18.9 Å². The molecule has 6 heteroatoms. The summed E-state index contributed by atoms with van der Waals surface area (Å²) in [4.78, 5) is 17.9. The van der Waals surface area contributed by atoms with Gasteiger partial charge in [-0.3, -0.25) is 4.90 Å². The highest BCUT2D eigenvalue weighted by Crippen LogP contribution is 2.31. The van der Waals surface area contributed by atoms with Crippen LogP contribution in [0.5, 0.6) is 0 Å². The van der Waals surface area contributed by atoms with Crippen molar-refractivity contribution in [1.29, 1.82) is 0 Å². The smallest absolute Gasteiger partial charge is 0.410 e. The van der Waals surface area contributed by atoms with Crippen LogP contribution < -0.4 is 5.73 Å². The van der Waals surface area contributed by atoms with E-state index in [1.807, 2.05) is 44.2 Å². The van der Waals surface area contributed by atoms with Gasteiger partial charge < -0.3 is 14.9 Å². The molecule has 1 aromatic carbocycles. The molecule has 0 radical (unpaired) electrons. The number of hydrogen-bond donors (Lipinski definition) is 1. The van der Waals surface area contributed by atoms with Crippen molar-refractivity contribution in [1.82, 2.24) is 9.88 Å². The molecule has 2 atom stereocenters. The molecule has 3 rings (SSSR count). The number of benzene rings is 1. The zero-order chi connectivity index (χ0) is 16.7. The fourth-order valence-electron chi connectivity index (χ4n) is 2.51. The highest BCUT2D eigenvalue weighted by atomic mass is 16.6. The van der Waals surface area contributed by atoms with Crippen LogP contribution in [-0.2, 0) is 11.3 Å². The van der Waals surface area contributed by atoms with Gasteiger partial charge in [0.05, 0.1) is 6.20 Å². The van der Waals surface area contributed by atoms with E-state index in [9.17, 15) is 4.79 Å². The number of nitrogens with zero attached hydrogens (tertiary/aromatic N) is 2. The summed E-state index contributed by atoms with van der Waals surface area (Å²) in [5, 5.41) is 0. The van der Waals surface area contributed by atoms with Crippen molar-refractivity contribution in [2.24, 2.45) is 5.73 Å². The van der Waals surface area contributed by atoms with Crippen LogP contribution in [-0.4, -0.2) is 28.6 Å². The highest BCUT2D eigenvalue weighted by Gasteiger charge is 2.38. The molecule has 1 amide bonds. The number of amides is 1. The Morgan fingerprint density at radius 3 is 2.78 bits per heavy atom. The first kappa shape index (κ1) is 17.0. The Kier molecular flexibility index (Phi) is 6.17. The summed E-state index contributed by atoms with van der Waals surface area (Å²) >= 11 is 0. The summed E-state index contributed by atoms with van der Waals surface area (Å²) in [5.74, 6) is 0.500. The summed E-state index contributed by atoms with van der Waals surface area (Å²) < 4.78 is 10.6. The van der Waals surface area contributed by atoms with Crippen molar-refractivity contribution in [3.05, 3.63) is 54.2 Å². The summed E-state index contributed by atoms with van der Waals surface area (Å²) in [5.41, 5.74) is 6.89. The summed E-state index contributed by atoms with van der Waals surface area (Å²) in [6.45, 7) is 4.68. The van der Waals surface area contributed by atoms with Crippen molar-refractivity contribution >= 4 is 6.09 Å². The zero-order valence-corrected chi connectivity index (χ0v) is 13.5. The number of likely N-dealkylation sites (tertiary alicyclic amines) is 1. The lowest BCUT2D eigenvalue weighted by atomic mass is 10.2. The van der Waals surface area contributed by atoms with Gasteiger partial charge in [0.25, 0.3) is 0 Å². The van der Waals surface area contributed by atoms with E-state index in [0.717, 1.165) is 5.56 Å². The van der Waals surface area contributed by atoms with Crippen LogP contribution in [0.1, 0.15) is 37.8 Å². The van der Waals surface area contributed by atoms with Crippen LogP contribution in [0.15, 0.2) is 47.2 Å². The number of oxazole rings is 1. The van der Waals surface area contributed by atoms with Crippen LogP contribution in [0.2, 0.25) is 0 Å². The van der Waals surface area contributed by atoms with Crippen LogP contribution in [0, 0.1) is 0 Å². The lowest BCUT2D eigenvalue weighted by molar-refractivity contribution is 0.0875. The third-order valence-corrected chi connectivity index (χ3v) is 3.51. The maximum absolute atomic E-state index is 12.2. The van der Waals surface area contributed by atoms with Gasteiger partial charge in [0.15, 0.2) is 0 Å². The van der Waals surface area contributed by atoms with Gasteiger partial charge in [-0.05, 0) is 12.0 Å². The quantitative estimate of drug-likeness (QED) is 0.940. The first-order chi connectivity index (χ1) is 11.2. The van der Waals surface area contributed by atoms with Crippen LogP contribution in [0.3, 0.4) is 0 Å². The minimum absolute atomic E-state index is 0.0915. The molecule has 1 aliphatic rings. The van der Waals surface area contributed by atoms with Gasteiger partial charge in [-0.2, -0.15) is 0 Å². The molecule has 2 aromatic rings. The van der Waals surface area contributed by atoms with Gasteiger partial charge in [-0.1, -0.05) is 44.2 Å². The fraction of sp³-hybridized carbons (Fsp3) is 0.412. The average Bonchev–Trinajstić information content (AvgIpc) is 3.24. The minimum Gasteiger partial charge on any atom is -0.447 e. The molecule has 23 heavy (non-hydrogen) atoms. The lowest BCUT2D eigenvalue weighted by Crippen LogP contribution is -2.33. The Balaban J connectivity index is 0.000000924. The predicted octanol–water partition coefficient (Wildman–Crippen LogP) is 3.11. The Morgan fingerprint density at radius 1 is 1.39 bits per heavy atom. The number of ether oxygens (including phenoxy) is 1. The van der Waals surface area contributed by atoms with Gasteiger partial charge in [0.2, 0.25) is 5.89 Å². The third kappa shape index (κ3) is 4.32. The number of rotatable bonds is 3. The van der Waals surface area contributed by atoms with E-state index >= 15 is 0 Å². The molecule has 1 aromatic heterocycles. The molecule has 2 unspecified atom stereocenters. The monoisotopic (exact) mass is 317 g/mol. The first-order valence-electron chi connectivity index (χ1n) is 7.86. The maximum atomic E-state index is 12.2. The molecular weight excluding hydrogens is 294 g/mol. The van der Waals surface area contributed by atoms with Crippen LogP contribution in [0.4, 0.5) is 4.79 Å². The predicted molar refractivity (Wildman–Crippen MR) is 86.5 cm³/mol. The van der Waals surface area contributed by atoms with Gasteiger partial charge in [0.1, 0.15) is 18.9 Å². The fourth-order valence-corrected chi connectivity index (χ4v) is 2.51. The molecule has 2 N–H and O–H groups in total. The van der Waals surface area contributed by atoms with Crippen molar-refractivity contribution in [2.45, 2.75) is 39.0 Å². The van der Waals surface area contributed by atoms with Crippen LogP contribution >= 0.6 is 0 Å². The Morgan fingerprint density at radius 2 is 2.13 bits per heavy atom. The van der Waals surface area contributed by atoms with Crippen molar-refractivity contribution in [3.63, 3.8) is 0 Å². The second-order valence-corrected chi connectivity index (χ2v) is 5.07. The standard InChI is InChI=1S/C15H17N3O3.C2H6/c16-12-8-13(14-17-6-7-20-14)18(9-12)15(19)21-10-11-4-2-1-3-5-11;1-2/h1-7,12-13H,8-10,16H2;1-2H3. The number of nitrogens with two attached hydrogens (primary N) is 1. The summed E-state index contributed by atoms with van der Waals surface area (Å²) in [7, 11) is 0. The molecule has 124 valence electrons. The molecule has 0 bridgehead atoms. The Labute approximate surface area is 136 Å². The van der Waals surface area contributed by atoms with E-state index in [1.54, 1.807) is 11.1 Å². The van der Waals surface area contributed by atoms with Gasteiger partial charge in [-0.15, -0.1) is 0 Å². The molecule has 1 aliphatic heterocycles. The number of carbonyl (C=O) groups is 1. The van der Waals surface area contributed by atoms with Crippen molar-refractivity contribution in [3.8, 4) is 0 Å². The molecular formula is C17H23N3O3. The molecule has 2 heterocycles. The first-order valence-corrected chi connectivity index (χ1v) is 7.86. The topological polar surface area (TPSA) is 81.6 Å². The maximum Gasteiger partial charge on any atom is 0.410 e. The van der Waals surface area contributed by atoms with E-state index in [4.69, 9.17) is 14.9 Å². The van der Waals surface area contributed by atoms with E-state index in [2.05, 4.69) is 4.98 Å². The zero-order valence-electron chi connectivity index (χ0n) is 13.5. The molecule has 0 aliphatic carbocycles. The van der Waals surface area contributed by atoms with Gasteiger partial charge in [0, 0.05) is 12.6 Å². The number of aromatic nitrogens is 1. The van der Waals surface area contributed by atoms with E-state index in [-0.39, 0.29) is 18.7 Å². The van der Waals surface area contributed by atoms with Crippen LogP contribution in [0.25, 0.3) is 0 Å². The average molecular weight is 317 g/mol. The number of carbonyl (C=O) groups excluding carboxylic acids is 1. The third-order valence-electron chi connectivity index (χ3n) is 3.51. The SMILES string of the molecule is CC.NC1CC(c2ncco2)N(C(=O)OCc2ccccc2)C1. The summed E-state index contributed by atoms with van der Waals surface area (Å²) in [6.07, 6.45) is 3.29.